The summed E-state index contributed by atoms with van der Waals surface area (Å²) < 4.78 is 12.4. The molecule has 2 rings (SSSR count). The van der Waals surface area contributed by atoms with Crippen LogP contribution in [0.5, 0.6) is 0 Å². The van der Waals surface area contributed by atoms with E-state index in [1.54, 1.807) is 0 Å². The molecule has 0 aliphatic rings. The van der Waals surface area contributed by atoms with Gasteiger partial charge in [0.2, 0.25) is 0 Å². The van der Waals surface area contributed by atoms with E-state index in [0.717, 1.165) is 0 Å². The van der Waals surface area contributed by atoms with Crippen LogP contribution >= 0.6 is 0 Å². The first-order valence-corrected chi connectivity index (χ1v) is 2.89. The van der Waals surface area contributed by atoms with Crippen molar-refractivity contribution < 1.29 is 4.39 Å². The van der Waals surface area contributed by atoms with Gasteiger partial charge in [0.25, 0.3) is 0 Å². The summed E-state index contributed by atoms with van der Waals surface area (Å²) in [5, 5.41) is 0. The van der Waals surface area contributed by atoms with E-state index in [4.69, 9.17) is 5.73 Å². The molecule has 0 fully saturated rings. The Morgan fingerprint density at radius 2 is 2.27 bits per heavy atom. The number of rotatable bonds is 0. The van der Waals surface area contributed by atoms with Crippen molar-refractivity contribution in [3.8, 4) is 0 Å². The summed E-state index contributed by atoms with van der Waals surface area (Å²) in [5.41, 5.74) is 6.05. The molecule has 11 heavy (non-hydrogen) atoms. The zero-order valence-electron chi connectivity index (χ0n) is 5.37. The van der Waals surface area contributed by atoms with Gasteiger partial charge in [-0.15, -0.1) is 0 Å². The average Bonchev–Trinajstić information content (AvgIpc) is 2.34. The molecule has 0 aliphatic carbocycles. The summed E-state index contributed by atoms with van der Waals surface area (Å²) in [6.07, 6.45) is 0.525. The molecule has 2 aromatic rings. The molecule has 0 aromatic carbocycles. The third-order valence-corrected chi connectivity index (χ3v) is 1.29. The fourth-order valence-electron chi connectivity index (χ4n) is 0.828. The first-order chi connectivity index (χ1) is 5.27. The third kappa shape index (κ3) is 0.794. The summed E-state index contributed by atoms with van der Waals surface area (Å²) in [5.74, 6) is 0.0741. The predicted molar refractivity (Wildman–Crippen MR) is 36.1 cm³/mol. The van der Waals surface area contributed by atoms with Crippen LogP contribution in [0.3, 0.4) is 0 Å². The molecule has 0 saturated carbocycles. The van der Waals surface area contributed by atoms with Crippen LogP contribution in [0.1, 0.15) is 0 Å². The van der Waals surface area contributed by atoms with Crippen molar-refractivity contribution in [2.75, 3.05) is 5.73 Å². The minimum Gasteiger partial charge on any atom is -0.382 e. The van der Waals surface area contributed by atoms with Crippen molar-refractivity contribution in [1.82, 2.24) is 19.9 Å². The number of hydrogen-bond acceptors (Lipinski definition) is 4. The Morgan fingerprint density at radius 1 is 1.45 bits per heavy atom. The summed E-state index contributed by atoms with van der Waals surface area (Å²) >= 11 is 0. The van der Waals surface area contributed by atoms with Gasteiger partial charge >= 0.3 is 6.08 Å². The summed E-state index contributed by atoms with van der Waals surface area (Å²) in [6.45, 7) is 0. The van der Waals surface area contributed by atoms with E-state index < -0.39 is 6.08 Å². The lowest BCUT2D eigenvalue weighted by molar-refractivity contribution is 0.546. The van der Waals surface area contributed by atoms with Gasteiger partial charge in [0.05, 0.1) is 6.33 Å². The normalized spacial score (nSPS) is 10.6. The van der Waals surface area contributed by atoms with Crippen LogP contribution in [-0.4, -0.2) is 19.9 Å². The largest absolute Gasteiger partial charge is 0.382 e. The molecule has 0 spiro atoms. The van der Waals surface area contributed by atoms with Gasteiger partial charge in [0.15, 0.2) is 11.5 Å². The van der Waals surface area contributed by atoms with Crippen molar-refractivity contribution in [3.63, 3.8) is 0 Å². The number of fused-ring (bicyclic) bond motifs is 1. The summed E-state index contributed by atoms with van der Waals surface area (Å²) in [4.78, 5) is 13.1. The van der Waals surface area contributed by atoms with Crippen LogP contribution in [0.15, 0.2) is 6.33 Å². The Morgan fingerprint density at radius 3 is 3.09 bits per heavy atom. The second-order valence-electron chi connectivity index (χ2n) is 1.98. The molecule has 5 nitrogen and oxygen atoms in total. The number of halogens is 1. The van der Waals surface area contributed by atoms with Gasteiger partial charge in [0.1, 0.15) is 5.52 Å². The summed E-state index contributed by atoms with van der Waals surface area (Å²) in [7, 11) is 0. The Bertz CT molecular complexity index is 395. The number of anilines is 1. The van der Waals surface area contributed by atoms with Crippen LogP contribution in [0, 0.1) is 6.08 Å². The molecule has 0 bridgehead atoms. The smallest absolute Gasteiger partial charge is 0.312 e. The lowest BCUT2D eigenvalue weighted by Crippen LogP contribution is -1.97. The lowest BCUT2D eigenvalue weighted by Gasteiger charge is -1.91. The van der Waals surface area contributed by atoms with Crippen LogP contribution in [0.4, 0.5) is 10.2 Å². The van der Waals surface area contributed by atoms with Gasteiger partial charge < -0.3 is 10.7 Å². The standard InChI is InChI=1S/C5H4FN5/c6-5-10-3(7)2-4(11-5)9-1-8-2/h1H,(H3,7,8,9,10,11)/i2+1,4+1,9+1. The zero-order chi connectivity index (χ0) is 7.84. The summed E-state index contributed by atoms with van der Waals surface area (Å²) in [6, 6.07) is 0. The minimum absolute atomic E-state index is 0.0741. The van der Waals surface area contributed by atoms with Crippen molar-refractivity contribution in [3.05, 3.63) is 12.4 Å². The second-order valence-corrected chi connectivity index (χ2v) is 1.98. The molecule has 56 valence electrons. The van der Waals surface area contributed by atoms with E-state index in [-0.39, 0.29) is 11.5 Å². The van der Waals surface area contributed by atoms with Gasteiger partial charge in [-0.05, 0) is 0 Å². The molecular formula is C5H4FN5. The molecule has 0 unspecified atom stereocenters. The molecule has 2 heterocycles. The van der Waals surface area contributed by atoms with Crippen molar-refractivity contribution in [2.24, 2.45) is 0 Å². The Labute approximate surface area is 60.5 Å². The predicted octanol–water partition coefficient (Wildman–Crippen LogP) is 0.0742. The molecule has 2 aromatic heterocycles. The number of nitrogens with two attached hydrogens (primary N) is 1. The number of aromatic amines is 1. The van der Waals surface area contributed by atoms with E-state index >= 15 is 0 Å². The van der Waals surface area contributed by atoms with Gasteiger partial charge in [-0.25, -0.2) is 4.98 Å². The number of nitrogen functional groups attached to an aromatic ring is 1. The first kappa shape index (κ1) is 6.02. The second kappa shape index (κ2) is 1.88. The first-order valence-electron chi connectivity index (χ1n) is 2.89. The molecule has 0 amide bonds. The molecule has 0 aliphatic heterocycles. The topological polar surface area (TPSA) is 80.5 Å². The molecule has 0 atom stereocenters. The van der Waals surface area contributed by atoms with Gasteiger partial charge in [-0.3, -0.25) is 0 Å². The third-order valence-electron chi connectivity index (χ3n) is 1.29. The maximum absolute atomic E-state index is 12.4. The SMILES string of the molecule is Nc1nc(F)n[13c]2[15n]c[nH][13c]12. The number of aromatic nitrogens is 4. The fourth-order valence-corrected chi connectivity index (χ4v) is 0.828. The molecule has 6 heteroatoms. The Balaban J connectivity index is 2.91. The van der Waals surface area contributed by atoms with E-state index in [9.17, 15) is 4.39 Å². The van der Waals surface area contributed by atoms with Crippen LogP contribution < -0.4 is 5.73 Å². The average molecular weight is 156 g/mol. The fraction of sp³-hybridized carbons (Fsp3) is 0. The number of H-pyrrole nitrogens is 1. The zero-order valence-corrected chi connectivity index (χ0v) is 5.37. The van der Waals surface area contributed by atoms with E-state index in [1.165, 1.54) is 6.33 Å². The highest BCUT2D eigenvalue weighted by atomic mass is 19.1. The number of hydrogen-bond donors (Lipinski definition) is 2. The van der Waals surface area contributed by atoms with Crippen molar-refractivity contribution >= 4 is 17.0 Å². The highest BCUT2D eigenvalue weighted by Crippen LogP contribution is 2.11. The maximum Gasteiger partial charge on any atom is 0.312 e. The monoisotopic (exact) mass is 156 g/mol. The van der Waals surface area contributed by atoms with Crippen LogP contribution in [0.2, 0.25) is 0 Å². The van der Waals surface area contributed by atoms with Crippen LogP contribution in [-0.2, 0) is 0 Å². The Hall–Kier alpha value is -1.72. The van der Waals surface area contributed by atoms with Gasteiger partial charge in [-0.2, -0.15) is 14.4 Å². The maximum atomic E-state index is 12.4. The van der Waals surface area contributed by atoms with Crippen molar-refractivity contribution in [2.45, 2.75) is 0 Å². The van der Waals surface area contributed by atoms with Crippen LogP contribution in [0.25, 0.3) is 11.2 Å². The minimum atomic E-state index is -0.859. The Kier molecular flexibility index (Phi) is 1.03. The molecular weight excluding hydrogens is 152 g/mol. The molecule has 0 saturated heterocycles. The number of nitrogens with one attached hydrogen (secondary N) is 1. The lowest BCUT2D eigenvalue weighted by atomic mass is 10.9. The molecule has 3 N–H and O–H groups in total. The van der Waals surface area contributed by atoms with E-state index in [0.29, 0.717) is 5.52 Å². The van der Waals surface area contributed by atoms with Gasteiger partial charge in [0, 0.05) is 0 Å². The quantitative estimate of drug-likeness (QED) is 0.529. The number of imidazole rings is 1. The highest BCUT2D eigenvalue weighted by molar-refractivity contribution is 5.80. The van der Waals surface area contributed by atoms with E-state index in [1.807, 2.05) is 0 Å². The number of nitrogens with zero attached hydrogens (tertiary/aromatic N) is 3. The van der Waals surface area contributed by atoms with Gasteiger partial charge in [-0.1, -0.05) is 0 Å². The highest BCUT2D eigenvalue weighted by Gasteiger charge is 2.04. The van der Waals surface area contributed by atoms with E-state index in [2.05, 4.69) is 19.9 Å². The molecule has 0 radical (unpaired) electrons. The van der Waals surface area contributed by atoms with Crippen molar-refractivity contribution in [1.29, 1.82) is 0 Å².